The van der Waals surface area contributed by atoms with Gasteiger partial charge in [-0.25, -0.2) is 0 Å². The molecule has 0 saturated carbocycles. The van der Waals surface area contributed by atoms with Gasteiger partial charge in [0, 0.05) is 0 Å². The average Bonchev–Trinajstić information content (AvgIpc) is 2.52. The van der Waals surface area contributed by atoms with Crippen LogP contribution in [0.4, 0.5) is 0 Å². The van der Waals surface area contributed by atoms with Crippen molar-refractivity contribution in [3.8, 4) is 11.5 Å². The molecule has 0 N–H and O–H groups in total. The third kappa shape index (κ3) is 3.51. The van der Waals surface area contributed by atoms with Gasteiger partial charge >= 0.3 is 0 Å². The third-order valence-corrected chi connectivity index (χ3v) is 3.12. The fraction of sp³-hybridized carbons (Fsp3) is 0.167. The number of hydrogen-bond donors (Lipinski definition) is 0. The lowest BCUT2D eigenvalue weighted by Gasteiger charge is -2.12. The van der Waals surface area contributed by atoms with E-state index in [9.17, 15) is 4.79 Å². The van der Waals surface area contributed by atoms with Crippen LogP contribution in [0.25, 0.3) is 6.08 Å². The SMILES string of the molecule is COc1cc(C)cc(OC)c1C(=O)/C=C/c1ccccc1. The van der Waals surface area contributed by atoms with Crippen LogP contribution in [0.15, 0.2) is 48.5 Å². The molecule has 0 aliphatic carbocycles. The summed E-state index contributed by atoms with van der Waals surface area (Å²) < 4.78 is 10.6. The maximum atomic E-state index is 12.4. The summed E-state index contributed by atoms with van der Waals surface area (Å²) in [7, 11) is 3.10. The van der Waals surface area contributed by atoms with Crippen LogP contribution in [0.3, 0.4) is 0 Å². The Morgan fingerprint density at radius 1 is 1.00 bits per heavy atom. The molecular formula is C18H18O3. The van der Waals surface area contributed by atoms with Crippen molar-refractivity contribution in [1.29, 1.82) is 0 Å². The van der Waals surface area contributed by atoms with Crippen molar-refractivity contribution in [3.63, 3.8) is 0 Å². The van der Waals surface area contributed by atoms with E-state index in [0.29, 0.717) is 17.1 Å². The number of carbonyl (C=O) groups excluding carboxylic acids is 1. The topological polar surface area (TPSA) is 35.5 Å². The fourth-order valence-corrected chi connectivity index (χ4v) is 2.11. The molecule has 2 aromatic carbocycles. The molecular weight excluding hydrogens is 264 g/mol. The highest BCUT2D eigenvalue weighted by molar-refractivity contribution is 6.10. The predicted molar refractivity (Wildman–Crippen MR) is 84.1 cm³/mol. The summed E-state index contributed by atoms with van der Waals surface area (Å²) in [5.41, 5.74) is 2.39. The molecule has 2 aromatic rings. The van der Waals surface area contributed by atoms with E-state index in [-0.39, 0.29) is 5.78 Å². The maximum Gasteiger partial charge on any atom is 0.193 e. The zero-order chi connectivity index (χ0) is 15.2. The van der Waals surface area contributed by atoms with Gasteiger partial charge in [0.25, 0.3) is 0 Å². The summed E-state index contributed by atoms with van der Waals surface area (Å²) >= 11 is 0. The van der Waals surface area contributed by atoms with Gasteiger partial charge in [0.05, 0.1) is 14.2 Å². The standard InChI is InChI=1S/C18H18O3/c1-13-11-16(20-2)18(17(12-13)21-3)15(19)10-9-14-7-5-4-6-8-14/h4-12H,1-3H3/b10-9+. The Bertz CT molecular complexity index is 632. The number of ketones is 1. The highest BCUT2D eigenvalue weighted by atomic mass is 16.5. The predicted octanol–water partition coefficient (Wildman–Crippen LogP) is 3.91. The highest BCUT2D eigenvalue weighted by Crippen LogP contribution is 2.31. The van der Waals surface area contributed by atoms with Crippen LogP contribution in [0.2, 0.25) is 0 Å². The van der Waals surface area contributed by atoms with E-state index >= 15 is 0 Å². The van der Waals surface area contributed by atoms with Gasteiger partial charge < -0.3 is 9.47 Å². The lowest BCUT2D eigenvalue weighted by atomic mass is 10.0. The molecule has 0 radical (unpaired) electrons. The Kier molecular flexibility index (Phi) is 4.77. The van der Waals surface area contributed by atoms with Gasteiger partial charge in [-0.05, 0) is 36.3 Å². The molecule has 2 rings (SSSR count). The minimum atomic E-state index is -0.146. The molecule has 108 valence electrons. The smallest absolute Gasteiger partial charge is 0.193 e. The summed E-state index contributed by atoms with van der Waals surface area (Å²) in [6, 6.07) is 13.3. The quantitative estimate of drug-likeness (QED) is 0.616. The number of methoxy groups -OCH3 is 2. The Labute approximate surface area is 124 Å². The Morgan fingerprint density at radius 3 is 2.10 bits per heavy atom. The van der Waals surface area contributed by atoms with Crippen LogP contribution in [-0.2, 0) is 0 Å². The van der Waals surface area contributed by atoms with Crippen molar-refractivity contribution >= 4 is 11.9 Å². The van der Waals surface area contributed by atoms with Crippen LogP contribution in [-0.4, -0.2) is 20.0 Å². The van der Waals surface area contributed by atoms with Crippen LogP contribution >= 0.6 is 0 Å². The van der Waals surface area contributed by atoms with E-state index in [1.165, 1.54) is 6.08 Å². The molecule has 0 fully saturated rings. The molecule has 0 heterocycles. The number of allylic oxidation sites excluding steroid dienone is 1. The first-order valence-corrected chi connectivity index (χ1v) is 6.65. The summed E-state index contributed by atoms with van der Waals surface area (Å²) in [5.74, 6) is 0.900. The molecule has 0 aliphatic heterocycles. The number of rotatable bonds is 5. The van der Waals surface area contributed by atoms with Crippen molar-refractivity contribution in [3.05, 3.63) is 65.2 Å². The number of hydrogen-bond acceptors (Lipinski definition) is 3. The molecule has 3 nitrogen and oxygen atoms in total. The molecule has 0 spiro atoms. The minimum Gasteiger partial charge on any atom is -0.496 e. The molecule has 0 unspecified atom stereocenters. The third-order valence-electron chi connectivity index (χ3n) is 3.12. The van der Waals surface area contributed by atoms with Crippen molar-refractivity contribution in [2.75, 3.05) is 14.2 Å². The van der Waals surface area contributed by atoms with Gasteiger partial charge in [-0.2, -0.15) is 0 Å². The van der Waals surface area contributed by atoms with Crippen molar-refractivity contribution in [2.24, 2.45) is 0 Å². The monoisotopic (exact) mass is 282 g/mol. The molecule has 0 aromatic heterocycles. The van der Waals surface area contributed by atoms with E-state index in [1.807, 2.05) is 49.4 Å². The molecule has 0 amide bonds. The first kappa shape index (κ1) is 14.9. The number of benzene rings is 2. The molecule has 0 saturated heterocycles. The zero-order valence-electron chi connectivity index (χ0n) is 12.4. The van der Waals surface area contributed by atoms with Gasteiger partial charge in [-0.1, -0.05) is 36.4 Å². The first-order chi connectivity index (χ1) is 10.2. The number of ether oxygens (including phenoxy) is 2. The Morgan fingerprint density at radius 2 is 1.57 bits per heavy atom. The molecule has 0 aliphatic rings. The number of carbonyl (C=O) groups is 1. The van der Waals surface area contributed by atoms with Gasteiger partial charge in [0.2, 0.25) is 0 Å². The van der Waals surface area contributed by atoms with Gasteiger partial charge in [0.1, 0.15) is 17.1 Å². The average molecular weight is 282 g/mol. The largest absolute Gasteiger partial charge is 0.496 e. The van der Waals surface area contributed by atoms with E-state index in [4.69, 9.17) is 9.47 Å². The lowest BCUT2D eigenvalue weighted by molar-refractivity contribution is 0.104. The normalized spacial score (nSPS) is 10.6. The molecule has 21 heavy (non-hydrogen) atoms. The summed E-state index contributed by atoms with van der Waals surface area (Å²) in [5, 5.41) is 0. The van der Waals surface area contributed by atoms with E-state index in [2.05, 4.69) is 0 Å². The van der Waals surface area contributed by atoms with Crippen molar-refractivity contribution in [2.45, 2.75) is 6.92 Å². The minimum absolute atomic E-state index is 0.146. The zero-order valence-corrected chi connectivity index (χ0v) is 12.4. The summed E-state index contributed by atoms with van der Waals surface area (Å²) in [4.78, 5) is 12.4. The number of aryl methyl sites for hydroxylation is 1. The van der Waals surface area contributed by atoms with Crippen molar-refractivity contribution in [1.82, 2.24) is 0 Å². The van der Waals surface area contributed by atoms with Gasteiger partial charge in [-0.15, -0.1) is 0 Å². The second kappa shape index (κ2) is 6.75. The van der Waals surface area contributed by atoms with E-state index in [0.717, 1.165) is 11.1 Å². The highest BCUT2D eigenvalue weighted by Gasteiger charge is 2.16. The van der Waals surface area contributed by atoms with Crippen LogP contribution < -0.4 is 9.47 Å². The second-order valence-corrected chi connectivity index (χ2v) is 4.65. The van der Waals surface area contributed by atoms with Crippen LogP contribution in [0.5, 0.6) is 11.5 Å². The maximum absolute atomic E-state index is 12.4. The summed E-state index contributed by atoms with van der Waals surface area (Å²) in [6.45, 7) is 1.93. The lowest BCUT2D eigenvalue weighted by Crippen LogP contribution is -2.03. The molecule has 0 atom stereocenters. The van der Waals surface area contributed by atoms with Gasteiger partial charge in [-0.3, -0.25) is 4.79 Å². The molecule has 0 bridgehead atoms. The fourth-order valence-electron chi connectivity index (χ4n) is 2.11. The molecule has 3 heteroatoms. The Balaban J connectivity index is 2.37. The van der Waals surface area contributed by atoms with Crippen molar-refractivity contribution < 1.29 is 14.3 Å². The second-order valence-electron chi connectivity index (χ2n) is 4.65. The van der Waals surface area contributed by atoms with E-state index < -0.39 is 0 Å². The first-order valence-electron chi connectivity index (χ1n) is 6.65. The van der Waals surface area contributed by atoms with Gasteiger partial charge in [0.15, 0.2) is 5.78 Å². The Hall–Kier alpha value is -2.55. The van der Waals surface area contributed by atoms with Crippen LogP contribution in [0.1, 0.15) is 21.5 Å². The van der Waals surface area contributed by atoms with E-state index in [1.54, 1.807) is 20.3 Å². The van der Waals surface area contributed by atoms with Crippen LogP contribution in [0, 0.1) is 6.92 Å². The summed E-state index contributed by atoms with van der Waals surface area (Å²) in [6.07, 6.45) is 3.31.